The van der Waals surface area contributed by atoms with Crippen molar-refractivity contribution >= 4 is 28.4 Å². The third-order valence-electron chi connectivity index (χ3n) is 1.26. The third-order valence-corrected chi connectivity index (χ3v) is 2.55. The summed E-state index contributed by atoms with van der Waals surface area (Å²) in [6.07, 6.45) is -2.53. The number of rotatable bonds is 4. The Morgan fingerprint density at radius 3 is 2.71 bits per heavy atom. The molecule has 8 heteroatoms. The maximum absolute atomic E-state index is 12.0. The van der Waals surface area contributed by atoms with E-state index in [4.69, 9.17) is 0 Å². The molecule has 0 saturated heterocycles. The van der Waals surface area contributed by atoms with Crippen LogP contribution in [0.15, 0.2) is 0 Å². The first-order chi connectivity index (χ1) is 6.54. The summed E-state index contributed by atoms with van der Waals surface area (Å²) in [4.78, 5) is 3.32. The standard InChI is InChI=1S/C6H8F3N3S2/c1-13-3-2-10-5-11-4(12-14-5)6(7,8)9/h2-3H2,1H3,(H,10,11,12). The molecule has 1 rings (SSSR count). The Morgan fingerprint density at radius 1 is 1.50 bits per heavy atom. The number of hydrogen-bond acceptors (Lipinski definition) is 5. The van der Waals surface area contributed by atoms with Gasteiger partial charge in [0.25, 0.3) is 0 Å². The maximum atomic E-state index is 12.0. The highest BCUT2D eigenvalue weighted by Crippen LogP contribution is 2.28. The molecule has 3 nitrogen and oxygen atoms in total. The number of anilines is 1. The highest BCUT2D eigenvalue weighted by Gasteiger charge is 2.35. The molecule has 1 aromatic heterocycles. The average molecular weight is 243 g/mol. The predicted octanol–water partition coefficient (Wildman–Crippen LogP) is 2.33. The average Bonchev–Trinajstić information content (AvgIpc) is 2.52. The summed E-state index contributed by atoms with van der Waals surface area (Å²) in [5.74, 6) is -0.254. The van der Waals surface area contributed by atoms with Crippen LogP contribution in [0.3, 0.4) is 0 Å². The fraction of sp³-hybridized carbons (Fsp3) is 0.667. The van der Waals surface area contributed by atoms with Crippen molar-refractivity contribution in [2.75, 3.05) is 23.9 Å². The lowest BCUT2D eigenvalue weighted by Crippen LogP contribution is -2.08. The van der Waals surface area contributed by atoms with Crippen LogP contribution in [0.1, 0.15) is 5.82 Å². The zero-order valence-electron chi connectivity index (χ0n) is 7.26. The Bertz CT molecular complexity index is 286. The van der Waals surface area contributed by atoms with Gasteiger partial charge in [-0.3, -0.25) is 0 Å². The lowest BCUT2D eigenvalue weighted by atomic mass is 10.6. The van der Waals surface area contributed by atoms with E-state index in [1.165, 1.54) is 0 Å². The van der Waals surface area contributed by atoms with Crippen molar-refractivity contribution in [2.45, 2.75) is 6.18 Å². The molecule has 0 atom stereocenters. The summed E-state index contributed by atoms with van der Waals surface area (Å²) in [5, 5.41) is 2.98. The zero-order chi connectivity index (χ0) is 10.6. The second kappa shape index (κ2) is 4.83. The quantitative estimate of drug-likeness (QED) is 0.824. The molecule has 14 heavy (non-hydrogen) atoms. The number of alkyl halides is 3. The lowest BCUT2D eigenvalue weighted by molar-refractivity contribution is -0.144. The van der Waals surface area contributed by atoms with Crippen molar-refractivity contribution in [3.8, 4) is 0 Å². The molecule has 80 valence electrons. The largest absolute Gasteiger partial charge is 0.452 e. The van der Waals surface area contributed by atoms with Crippen LogP contribution in [0.4, 0.5) is 18.3 Å². The van der Waals surface area contributed by atoms with Crippen molar-refractivity contribution < 1.29 is 13.2 Å². The van der Waals surface area contributed by atoms with Crippen LogP contribution in [0, 0.1) is 0 Å². The Morgan fingerprint density at radius 2 is 2.21 bits per heavy atom. The minimum Gasteiger partial charge on any atom is -0.359 e. The highest BCUT2D eigenvalue weighted by molar-refractivity contribution is 7.98. The summed E-state index contributed by atoms with van der Waals surface area (Å²) in [6.45, 7) is 0.591. The Hall–Kier alpha value is -0.500. The van der Waals surface area contributed by atoms with E-state index in [9.17, 15) is 13.2 Å². The molecule has 0 aliphatic rings. The Labute approximate surface area is 87.3 Å². The smallest absolute Gasteiger partial charge is 0.359 e. The molecule has 0 bridgehead atoms. The fourth-order valence-corrected chi connectivity index (χ4v) is 1.59. The molecule has 0 spiro atoms. The van der Waals surface area contributed by atoms with Gasteiger partial charge in [-0.25, -0.2) is 0 Å². The second-order valence-corrected chi connectivity index (χ2v) is 4.08. The van der Waals surface area contributed by atoms with Crippen LogP contribution in [-0.4, -0.2) is 27.9 Å². The number of nitrogens with zero attached hydrogens (tertiary/aromatic N) is 2. The molecule has 0 aromatic carbocycles. The van der Waals surface area contributed by atoms with Crippen molar-refractivity contribution in [3.63, 3.8) is 0 Å². The molecule has 0 amide bonds. The Kier molecular flexibility index (Phi) is 3.99. The number of nitrogens with one attached hydrogen (secondary N) is 1. The van der Waals surface area contributed by atoms with E-state index in [1.807, 2.05) is 6.26 Å². The van der Waals surface area contributed by atoms with Gasteiger partial charge in [0, 0.05) is 23.8 Å². The van der Waals surface area contributed by atoms with E-state index in [0.29, 0.717) is 6.54 Å². The Balaban J connectivity index is 2.51. The SMILES string of the molecule is CSCCNc1nc(C(F)(F)F)ns1. The summed E-state index contributed by atoms with van der Waals surface area (Å²) in [7, 11) is 0. The number of thioether (sulfide) groups is 1. The second-order valence-electron chi connectivity index (χ2n) is 2.34. The van der Waals surface area contributed by atoms with Gasteiger partial charge in [0.2, 0.25) is 11.0 Å². The van der Waals surface area contributed by atoms with Crippen molar-refractivity contribution in [2.24, 2.45) is 0 Å². The topological polar surface area (TPSA) is 37.8 Å². The van der Waals surface area contributed by atoms with Gasteiger partial charge in [-0.15, -0.1) is 0 Å². The van der Waals surface area contributed by atoms with E-state index in [-0.39, 0.29) is 5.13 Å². The van der Waals surface area contributed by atoms with Gasteiger partial charge in [-0.05, 0) is 6.26 Å². The summed E-state index contributed by atoms with van der Waals surface area (Å²) >= 11 is 2.33. The van der Waals surface area contributed by atoms with Crippen LogP contribution < -0.4 is 5.32 Å². The first-order valence-corrected chi connectivity index (χ1v) is 5.84. The molecule has 0 aliphatic heterocycles. The molecule has 0 saturated carbocycles. The van der Waals surface area contributed by atoms with Gasteiger partial charge in [0.05, 0.1) is 0 Å². The minimum atomic E-state index is -4.45. The van der Waals surface area contributed by atoms with Gasteiger partial charge >= 0.3 is 6.18 Å². The summed E-state index contributed by atoms with van der Waals surface area (Å²) in [5.41, 5.74) is 0. The van der Waals surface area contributed by atoms with Crippen molar-refractivity contribution in [1.29, 1.82) is 0 Å². The van der Waals surface area contributed by atoms with E-state index < -0.39 is 12.0 Å². The van der Waals surface area contributed by atoms with Gasteiger partial charge in [0.1, 0.15) is 0 Å². The monoisotopic (exact) mass is 243 g/mol. The minimum absolute atomic E-state index is 0.214. The zero-order valence-corrected chi connectivity index (χ0v) is 8.89. The molecule has 0 unspecified atom stereocenters. The maximum Gasteiger partial charge on any atom is 0.452 e. The third kappa shape index (κ3) is 3.33. The van der Waals surface area contributed by atoms with E-state index in [1.54, 1.807) is 11.8 Å². The van der Waals surface area contributed by atoms with Crippen LogP contribution in [-0.2, 0) is 6.18 Å². The van der Waals surface area contributed by atoms with Crippen LogP contribution in [0.25, 0.3) is 0 Å². The first-order valence-electron chi connectivity index (χ1n) is 3.67. The van der Waals surface area contributed by atoms with Gasteiger partial charge in [-0.1, -0.05) is 0 Å². The molecule has 1 N–H and O–H groups in total. The highest BCUT2D eigenvalue weighted by atomic mass is 32.2. The van der Waals surface area contributed by atoms with Crippen molar-refractivity contribution in [1.82, 2.24) is 9.36 Å². The molecule has 0 fully saturated rings. The van der Waals surface area contributed by atoms with Crippen LogP contribution in [0.5, 0.6) is 0 Å². The van der Waals surface area contributed by atoms with E-state index in [2.05, 4.69) is 14.7 Å². The van der Waals surface area contributed by atoms with Crippen LogP contribution >= 0.6 is 23.3 Å². The number of aromatic nitrogens is 2. The van der Waals surface area contributed by atoms with Gasteiger partial charge in [0.15, 0.2) is 0 Å². The fourth-order valence-electron chi connectivity index (χ4n) is 0.670. The normalized spacial score (nSPS) is 11.7. The predicted molar refractivity (Wildman–Crippen MR) is 51.8 cm³/mol. The molecular formula is C6H8F3N3S2. The molecule has 0 aliphatic carbocycles. The van der Waals surface area contributed by atoms with Gasteiger partial charge < -0.3 is 5.32 Å². The molecule has 1 aromatic rings. The summed E-state index contributed by atoms with van der Waals surface area (Å²) in [6, 6.07) is 0. The molecule has 0 radical (unpaired) electrons. The first kappa shape index (κ1) is 11.6. The summed E-state index contributed by atoms with van der Waals surface area (Å²) < 4.78 is 39.3. The lowest BCUT2D eigenvalue weighted by Gasteiger charge is -1.99. The molecule has 1 heterocycles. The van der Waals surface area contributed by atoms with Crippen LogP contribution in [0.2, 0.25) is 0 Å². The van der Waals surface area contributed by atoms with E-state index >= 15 is 0 Å². The molecular weight excluding hydrogens is 235 g/mol. The number of halogens is 3. The number of hydrogen-bond donors (Lipinski definition) is 1. The van der Waals surface area contributed by atoms with Gasteiger partial charge in [-0.2, -0.15) is 34.3 Å². The van der Waals surface area contributed by atoms with E-state index in [0.717, 1.165) is 17.3 Å². The van der Waals surface area contributed by atoms with Crippen molar-refractivity contribution in [3.05, 3.63) is 5.82 Å².